The lowest BCUT2D eigenvalue weighted by Crippen LogP contribution is -2.30. The molecule has 0 saturated carbocycles. The van der Waals surface area contributed by atoms with Gasteiger partial charge in [0.1, 0.15) is 6.61 Å². The second kappa shape index (κ2) is 14.7. The average Bonchev–Trinajstić information content (AvgIpc) is 2.51. The zero-order valence-corrected chi connectivity index (χ0v) is 13.7. The largest absolute Gasteiger partial charge is 0.387 e. The van der Waals surface area contributed by atoms with Crippen molar-refractivity contribution in [1.29, 1.82) is 0 Å². The lowest BCUT2D eigenvalue weighted by molar-refractivity contribution is -0.124. The molecule has 0 aliphatic carbocycles. The van der Waals surface area contributed by atoms with Crippen molar-refractivity contribution in [2.24, 2.45) is 5.92 Å². The highest BCUT2D eigenvalue weighted by Crippen LogP contribution is 1.96. The molecule has 0 aliphatic heterocycles. The monoisotopic (exact) mass is 318 g/mol. The van der Waals surface area contributed by atoms with Crippen LogP contribution in [0.2, 0.25) is 0 Å². The third-order valence-corrected chi connectivity index (χ3v) is 2.86. The van der Waals surface area contributed by atoms with E-state index in [0.717, 1.165) is 19.3 Å². The fourth-order valence-electron chi connectivity index (χ4n) is 1.56. The third kappa shape index (κ3) is 13.8. The van der Waals surface area contributed by atoms with Crippen LogP contribution in [0.3, 0.4) is 0 Å². The molecule has 7 nitrogen and oxygen atoms in total. The second-order valence-corrected chi connectivity index (χ2v) is 5.24. The van der Waals surface area contributed by atoms with Crippen LogP contribution in [0.4, 0.5) is 0 Å². The van der Waals surface area contributed by atoms with Crippen molar-refractivity contribution in [2.45, 2.75) is 33.1 Å². The summed E-state index contributed by atoms with van der Waals surface area (Å²) >= 11 is 0. The Bertz CT molecular complexity index is 298. The predicted molar refractivity (Wildman–Crippen MR) is 83.4 cm³/mol. The number of carbonyl (C=O) groups excluding carboxylic acids is 2. The van der Waals surface area contributed by atoms with E-state index in [2.05, 4.69) is 10.6 Å². The number of hydrogen-bond acceptors (Lipinski definition) is 5. The average molecular weight is 318 g/mol. The van der Waals surface area contributed by atoms with Crippen molar-refractivity contribution in [1.82, 2.24) is 10.6 Å². The first-order valence-corrected chi connectivity index (χ1v) is 7.88. The Morgan fingerprint density at radius 3 is 1.95 bits per heavy atom. The van der Waals surface area contributed by atoms with E-state index < -0.39 is 6.61 Å². The van der Waals surface area contributed by atoms with E-state index in [1.807, 2.05) is 13.8 Å². The van der Waals surface area contributed by atoms with Gasteiger partial charge in [-0.25, -0.2) is 0 Å². The highest BCUT2D eigenvalue weighted by Gasteiger charge is 2.04. The number of hydrogen-bond donors (Lipinski definition) is 3. The molecule has 0 aromatic heterocycles. The van der Waals surface area contributed by atoms with Crippen molar-refractivity contribution >= 4 is 11.8 Å². The standard InChI is InChI=1S/C15H30N2O5/c1-13(2)15(20)17-7-11-22-9-5-3-4-8-21-10-6-16-14(19)12-18/h13,18H,3-12H2,1-2H3,(H,16,19)(H,17,20). The maximum absolute atomic E-state index is 11.3. The normalized spacial score (nSPS) is 10.7. The van der Waals surface area contributed by atoms with Crippen LogP contribution < -0.4 is 10.6 Å². The molecule has 0 aromatic carbocycles. The highest BCUT2D eigenvalue weighted by molar-refractivity contribution is 5.77. The van der Waals surface area contributed by atoms with Gasteiger partial charge in [-0.15, -0.1) is 0 Å². The molecule has 130 valence electrons. The number of aliphatic hydroxyl groups is 1. The van der Waals surface area contributed by atoms with Crippen molar-refractivity contribution in [2.75, 3.05) is 46.1 Å². The van der Waals surface area contributed by atoms with Crippen LogP contribution in [0.15, 0.2) is 0 Å². The summed E-state index contributed by atoms with van der Waals surface area (Å²) in [5, 5.41) is 13.8. The van der Waals surface area contributed by atoms with Crippen molar-refractivity contribution in [3.63, 3.8) is 0 Å². The third-order valence-electron chi connectivity index (χ3n) is 2.86. The second-order valence-electron chi connectivity index (χ2n) is 5.24. The van der Waals surface area contributed by atoms with Crippen LogP contribution in [0.5, 0.6) is 0 Å². The van der Waals surface area contributed by atoms with Gasteiger partial charge in [-0.1, -0.05) is 13.8 Å². The zero-order chi connectivity index (χ0) is 16.6. The molecule has 22 heavy (non-hydrogen) atoms. The van der Waals surface area contributed by atoms with E-state index in [1.165, 1.54) is 0 Å². The molecule has 0 spiro atoms. The van der Waals surface area contributed by atoms with Gasteiger partial charge in [0.2, 0.25) is 11.8 Å². The fraction of sp³-hybridized carbons (Fsp3) is 0.867. The van der Waals surface area contributed by atoms with Gasteiger partial charge >= 0.3 is 0 Å². The topological polar surface area (TPSA) is 96.9 Å². The summed E-state index contributed by atoms with van der Waals surface area (Å²) in [5.74, 6) is -0.321. The van der Waals surface area contributed by atoms with Crippen LogP contribution in [0, 0.1) is 5.92 Å². The number of aliphatic hydroxyl groups excluding tert-OH is 1. The number of unbranched alkanes of at least 4 members (excludes halogenated alkanes) is 2. The van der Waals surface area contributed by atoms with E-state index >= 15 is 0 Å². The minimum absolute atomic E-state index is 0.0111. The van der Waals surface area contributed by atoms with Gasteiger partial charge in [0.25, 0.3) is 0 Å². The predicted octanol–water partition coefficient (Wildman–Crippen LogP) is 0.0706. The Morgan fingerprint density at radius 1 is 0.909 bits per heavy atom. The maximum atomic E-state index is 11.3. The number of nitrogens with one attached hydrogen (secondary N) is 2. The number of amides is 2. The summed E-state index contributed by atoms with van der Waals surface area (Å²) < 4.78 is 10.8. The van der Waals surface area contributed by atoms with Crippen LogP contribution in [0.1, 0.15) is 33.1 Å². The van der Waals surface area contributed by atoms with Crippen LogP contribution in [-0.4, -0.2) is 63.0 Å². The van der Waals surface area contributed by atoms with E-state index in [0.29, 0.717) is 39.5 Å². The number of rotatable bonds is 14. The van der Waals surface area contributed by atoms with Crippen molar-refractivity contribution < 1.29 is 24.2 Å². The first-order valence-electron chi connectivity index (χ1n) is 7.88. The summed E-state index contributed by atoms with van der Waals surface area (Å²) in [6.45, 7) is 6.55. The van der Waals surface area contributed by atoms with Gasteiger partial charge in [-0.05, 0) is 19.3 Å². The Kier molecular flexibility index (Phi) is 14.0. The van der Waals surface area contributed by atoms with Crippen molar-refractivity contribution in [3.8, 4) is 0 Å². The van der Waals surface area contributed by atoms with Gasteiger partial charge < -0.3 is 25.2 Å². The minimum atomic E-state index is -0.485. The summed E-state index contributed by atoms with van der Waals surface area (Å²) in [6.07, 6.45) is 2.92. The molecule has 0 bridgehead atoms. The highest BCUT2D eigenvalue weighted by atomic mass is 16.5. The number of ether oxygens (including phenoxy) is 2. The number of carbonyl (C=O) groups is 2. The Hall–Kier alpha value is -1.18. The van der Waals surface area contributed by atoms with Gasteiger partial charge in [0.15, 0.2) is 0 Å². The molecule has 0 radical (unpaired) electrons. The minimum Gasteiger partial charge on any atom is -0.387 e. The zero-order valence-electron chi connectivity index (χ0n) is 13.7. The first kappa shape index (κ1) is 20.8. The van der Waals surface area contributed by atoms with Gasteiger partial charge in [-0.2, -0.15) is 0 Å². The molecule has 3 N–H and O–H groups in total. The van der Waals surface area contributed by atoms with Crippen LogP contribution in [-0.2, 0) is 19.1 Å². The molecule has 0 atom stereocenters. The quantitative estimate of drug-likeness (QED) is 0.394. The van der Waals surface area contributed by atoms with Crippen LogP contribution >= 0.6 is 0 Å². The molecule has 2 amide bonds. The van der Waals surface area contributed by atoms with E-state index in [1.54, 1.807) is 0 Å². The molecule has 0 rings (SSSR count). The molecule has 0 aromatic rings. The van der Waals surface area contributed by atoms with Gasteiger partial charge in [0, 0.05) is 32.2 Å². The maximum Gasteiger partial charge on any atom is 0.245 e. The lowest BCUT2D eigenvalue weighted by Gasteiger charge is -2.08. The smallest absolute Gasteiger partial charge is 0.245 e. The summed E-state index contributed by atoms with van der Waals surface area (Å²) in [7, 11) is 0. The van der Waals surface area contributed by atoms with Crippen LogP contribution in [0.25, 0.3) is 0 Å². The fourth-order valence-corrected chi connectivity index (χ4v) is 1.56. The Morgan fingerprint density at radius 2 is 1.45 bits per heavy atom. The van der Waals surface area contributed by atoms with Gasteiger partial charge in [-0.3, -0.25) is 9.59 Å². The molecule has 0 aliphatic rings. The SMILES string of the molecule is CC(C)C(=O)NCCOCCCCCOCCNC(=O)CO. The molecule has 0 saturated heterocycles. The van der Waals surface area contributed by atoms with E-state index in [4.69, 9.17) is 14.6 Å². The summed E-state index contributed by atoms with van der Waals surface area (Å²) in [5.41, 5.74) is 0. The Balaban J connectivity index is 3.12. The van der Waals surface area contributed by atoms with Gasteiger partial charge in [0.05, 0.1) is 13.2 Å². The molecule has 0 heterocycles. The molecule has 0 unspecified atom stereocenters. The molecular formula is C15H30N2O5. The molecular weight excluding hydrogens is 288 g/mol. The molecule has 7 heteroatoms. The first-order chi connectivity index (χ1) is 10.6. The summed E-state index contributed by atoms with van der Waals surface area (Å²) in [4.78, 5) is 22.0. The van der Waals surface area contributed by atoms with E-state index in [-0.39, 0.29) is 17.7 Å². The lowest BCUT2D eigenvalue weighted by atomic mass is 10.2. The van der Waals surface area contributed by atoms with E-state index in [9.17, 15) is 9.59 Å². The van der Waals surface area contributed by atoms with Crippen molar-refractivity contribution in [3.05, 3.63) is 0 Å². The Labute approximate surface area is 132 Å². The summed E-state index contributed by atoms with van der Waals surface area (Å²) in [6, 6.07) is 0. The molecule has 0 fully saturated rings.